The van der Waals surface area contributed by atoms with E-state index in [1.54, 1.807) is 0 Å². The first-order valence-electron chi connectivity index (χ1n) is 8.31. The summed E-state index contributed by atoms with van der Waals surface area (Å²) in [5.74, 6) is -0.602. The first kappa shape index (κ1) is 17.7. The number of fused-ring (bicyclic) bond motifs is 1. The van der Waals surface area contributed by atoms with Crippen molar-refractivity contribution in [1.29, 1.82) is 0 Å². The molecule has 6 heteroatoms. The second-order valence-corrected chi connectivity index (χ2v) is 7.05. The Balaban J connectivity index is 1.96. The maximum atomic E-state index is 12.5. The van der Waals surface area contributed by atoms with Gasteiger partial charge in [-0.05, 0) is 30.2 Å². The lowest BCUT2D eigenvalue weighted by molar-refractivity contribution is -0.140. The Bertz CT molecular complexity index is 515. The number of hydrogen-bond acceptors (Lipinski definition) is 4. The molecule has 0 bridgehead atoms. The van der Waals surface area contributed by atoms with Gasteiger partial charge >= 0.3 is 0 Å². The lowest BCUT2D eigenvalue weighted by atomic mass is 10.0. The van der Waals surface area contributed by atoms with Gasteiger partial charge in [0.05, 0.1) is 12.1 Å². The van der Waals surface area contributed by atoms with Gasteiger partial charge in [-0.2, -0.15) is 0 Å². The first-order chi connectivity index (χ1) is 10.8. The molecule has 3 N–H and O–H groups in total. The average Bonchev–Trinajstić information content (AvgIpc) is 2.90. The fourth-order valence-corrected chi connectivity index (χ4v) is 3.70. The largest absolute Gasteiger partial charge is 0.346 e. The molecule has 2 amide bonds. The van der Waals surface area contributed by atoms with Crippen LogP contribution in [0.25, 0.3) is 0 Å². The smallest absolute Gasteiger partial charge is 0.289 e. The maximum absolute atomic E-state index is 12.5. The summed E-state index contributed by atoms with van der Waals surface area (Å²) in [6.45, 7) is 10.8. The minimum absolute atomic E-state index is 0.175. The number of nitrogens with one attached hydrogen (secondary N) is 3. The van der Waals surface area contributed by atoms with E-state index in [0.717, 1.165) is 6.54 Å². The van der Waals surface area contributed by atoms with Gasteiger partial charge in [-0.25, -0.2) is 0 Å². The molecular weight excluding hydrogens is 294 g/mol. The predicted octanol–water partition coefficient (Wildman–Crippen LogP) is 0.387. The van der Waals surface area contributed by atoms with Crippen molar-refractivity contribution in [3.8, 4) is 0 Å². The van der Waals surface area contributed by atoms with Crippen molar-refractivity contribution in [2.75, 3.05) is 13.1 Å². The van der Waals surface area contributed by atoms with Gasteiger partial charge in [0.2, 0.25) is 11.7 Å². The van der Waals surface area contributed by atoms with Crippen LogP contribution in [0.15, 0.2) is 12.7 Å². The molecule has 0 aromatic carbocycles. The number of piperidine rings is 1. The van der Waals surface area contributed by atoms with E-state index >= 15 is 0 Å². The summed E-state index contributed by atoms with van der Waals surface area (Å²) in [5, 5.41) is 8.47. The van der Waals surface area contributed by atoms with E-state index in [0.29, 0.717) is 24.7 Å². The van der Waals surface area contributed by atoms with Crippen molar-refractivity contribution >= 4 is 17.6 Å². The van der Waals surface area contributed by atoms with Crippen molar-refractivity contribution in [1.82, 2.24) is 16.0 Å². The molecule has 0 spiro atoms. The topological polar surface area (TPSA) is 87.3 Å². The van der Waals surface area contributed by atoms with E-state index in [-0.39, 0.29) is 23.9 Å². The van der Waals surface area contributed by atoms with E-state index in [9.17, 15) is 14.4 Å². The van der Waals surface area contributed by atoms with Crippen LogP contribution in [0.5, 0.6) is 0 Å². The van der Waals surface area contributed by atoms with E-state index < -0.39 is 17.7 Å². The van der Waals surface area contributed by atoms with Crippen LogP contribution in [0, 0.1) is 17.3 Å². The van der Waals surface area contributed by atoms with Crippen LogP contribution in [0.3, 0.4) is 0 Å². The highest BCUT2D eigenvalue weighted by Gasteiger charge is 2.65. The summed E-state index contributed by atoms with van der Waals surface area (Å²) in [7, 11) is 0. The van der Waals surface area contributed by atoms with Crippen molar-refractivity contribution in [2.45, 2.75) is 45.7 Å². The second-order valence-electron chi connectivity index (χ2n) is 7.05. The summed E-state index contributed by atoms with van der Waals surface area (Å²) in [6, 6.07) is -1.03. The van der Waals surface area contributed by atoms with Gasteiger partial charge in [0.25, 0.3) is 5.91 Å². The van der Waals surface area contributed by atoms with Gasteiger partial charge in [-0.15, -0.1) is 6.58 Å². The van der Waals surface area contributed by atoms with E-state index in [1.165, 1.54) is 6.08 Å². The Kier molecular flexibility index (Phi) is 5.24. The van der Waals surface area contributed by atoms with Crippen LogP contribution < -0.4 is 16.0 Å². The molecule has 1 saturated heterocycles. The zero-order valence-corrected chi connectivity index (χ0v) is 14.1. The molecule has 128 valence electrons. The number of Topliss-reactive ketones (excluding diaryl/α,β-unsaturated/α-hetero) is 1. The third-order valence-electron chi connectivity index (χ3n) is 5.18. The Hall–Kier alpha value is -1.69. The van der Waals surface area contributed by atoms with Crippen LogP contribution in [0.2, 0.25) is 0 Å². The third-order valence-corrected chi connectivity index (χ3v) is 5.18. The van der Waals surface area contributed by atoms with Crippen LogP contribution in [-0.2, 0) is 14.4 Å². The van der Waals surface area contributed by atoms with E-state index in [2.05, 4.69) is 36.4 Å². The summed E-state index contributed by atoms with van der Waals surface area (Å²) in [5.41, 5.74) is 0.179. The quantitative estimate of drug-likeness (QED) is 0.446. The average molecular weight is 321 g/mol. The highest BCUT2D eigenvalue weighted by atomic mass is 16.2. The van der Waals surface area contributed by atoms with Gasteiger partial charge < -0.3 is 16.0 Å². The van der Waals surface area contributed by atoms with Crippen molar-refractivity contribution in [3.05, 3.63) is 12.7 Å². The molecule has 0 aromatic rings. The Labute approximate surface area is 137 Å². The molecule has 2 fully saturated rings. The van der Waals surface area contributed by atoms with Gasteiger partial charge in [0, 0.05) is 6.54 Å². The maximum Gasteiger partial charge on any atom is 0.289 e. The number of ketones is 1. The number of carbonyl (C=O) groups excluding carboxylic acids is 3. The fourth-order valence-electron chi connectivity index (χ4n) is 3.70. The van der Waals surface area contributed by atoms with Gasteiger partial charge in [-0.3, -0.25) is 14.4 Å². The normalized spacial score (nSPS) is 28.4. The molecule has 2 unspecified atom stereocenters. The minimum atomic E-state index is -0.764. The predicted molar refractivity (Wildman–Crippen MR) is 87.6 cm³/mol. The van der Waals surface area contributed by atoms with Crippen LogP contribution >= 0.6 is 0 Å². The number of carbonyl (C=O) groups is 3. The Morgan fingerprint density at radius 2 is 2.09 bits per heavy atom. The molecule has 2 rings (SSSR count). The molecular formula is C17H27N3O3. The molecule has 23 heavy (non-hydrogen) atoms. The highest BCUT2D eigenvalue weighted by Crippen LogP contribution is 2.62. The molecule has 0 aromatic heterocycles. The molecule has 1 aliphatic heterocycles. The summed E-state index contributed by atoms with van der Waals surface area (Å²) < 4.78 is 0. The monoisotopic (exact) mass is 321 g/mol. The molecule has 4 atom stereocenters. The van der Waals surface area contributed by atoms with Crippen molar-refractivity contribution < 1.29 is 14.4 Å². The molecule has 2 aliphatic rings. The molecule has 1 aliphatic carbocycles. The standard InChI is InChI=1S/C17H27N3O3/c1-5-7-11(14(21)16(23)18-8-6-2)20-15(22)13-12-10(9-19-13)17(12,3)4/h6,10-13,19H,2,5,7-9H2,1,3-4H3,(H,18,23)(H,20,22)/t10-,11?,12?,13-/m0/s1. The second kappa shape index (κ2) is 6.83. The van der Waals surface area contributed by atoms with E-state index in [1.807, 2.05) is 6.92 Å². The number of rotatable bonds is 8. The summed E-state index contributed by atoms with van der Waals surface area (Å²) >= 11 is 0. The lowest BCUT2D eigenvalue weighted by Crippen LogP contribution is -2.53. The summed E-state index contributed by atoms with van der Waals surface area (Å²) in [4.78, 5) is 36.6. The van der Waals surface area contributed by atoms with E-state index in [4.69, 9.17) is 0 Å². The van der Waals surface area contributed by atoms with Crippen LogP contribution in [0.1, 0.15) is 33.6 Å². The number of amides is 2. The Morgan fingerprint density at radius 3 is 2.61 bits per heavy atom. The van der Waals surface area contributed by atoms with Crippen molar-refractivity contribution in [3.63, 3.8) is 0 Å². The van der Waals surface area contributed by atoms with Gasteiger partial charge in [0.1, 0.15) is 0 Å². The number of hydrogen-bond donors (Lipinski definition) is 3. The highest BCUT2D eigenvalue weighted by molar-refractivity contribution is 6.38. The summed E-state index contributed by atoms with van der Waals surface area (Å²) in [6.07, 6.45) is 2.67. The SMILES string of the molecule is C=CCNC(=O)C(=O)C(CCC)NC(=O)[C@H]1NC[C@H]2C1C2(C)C. The van der Waals surface area contributed by atoms with Crippen LogP contribution in [0.4, 0.5) is 0 Å². The molecule has 0 radical (unpaired) electrons. The third kappa shape index (κ3) is 3.47. The zero-order chi connectivity index (χ0) is 17.2. The van der Waals surface area contributed by atoms with Gasteiger partial charge in [0.15, 0.2) is 0 Å². The first-order valence-corrected chi connectivity index (χ1v) is 8.31. The lowest BCUT2D eigenvalue weighted by Gasteiger charge is -2.22. The minimum Gasteiger partial charge on any atom is -0.346 e. The van der Waals surface area contributed by atoms with Crippen LogP contribution in [-0.4, -0.2) is 42.8 Å². The molecule has 1 saturated carbocycles. The fraction of sp³-hybridized carbons (Fsp3) is 0.706. The van der Waals surface area contributed by atoms with Gasteiger partial charge in [-0.1, -0.05) is 33.3 Å². The Morgan fingerprint density at radius 1 is 1.39 bits per heavy atom. The molecule has 6 nitrogen and oxygen atoms in total. The zero-order valence-electron chi connectivity index (χ0n) is 14.1. The molecule has 1 heterocycles. The van der Waals surface area contributed by atoms with Crippen molar-refractivity contribution in [2.24, 2.45) is 17.3 Å².